The Morgan fingerprint density at radius 2 is 1.52 bits per heavy atom. The minimum Gasteiger partial charge on any atom is -0.377 e. The van der Waals surface area contributed by atoms with Crippen molar-refractivity contribution in [3.05, 3.63) is 0 Å². The van der Waals surface area contributed by atoms with Gasteiger partial charge in [-0.15, -0.1) is 0 Å². The minimum atomic E-state index is 0.366. The Kier molecular flexibility index (Phi) is 6.97. The summed E-state index contributed by atoms with van der Waals surface area (Å²) in [6, 6.07) is 0.848. The number of rotatable bonds is 6. The topological polar surface area (TPSA) is 15.7 Å². The van der Waals surface area contributed by atoms with Crippen molar-refractivity contribution in [1.82, 2.24) is 9.80 Å². The van der Waals surface area contributed by atoms with Crippen LogP contribution >= 0.6 is 0 Å². The predicted octanol–water partition coefficient (Wildman–Crippen LogP) is 3.24. The molecule has 21 heavy (non-hydrogen) atoms. The van der Waals surface area contributed by atoms with E-state index in [0.717, 1.165) is 31.0 Å². The average molecular weight is 296 g/mol. The first-order valence-corrected chi connectivity index (χ1v) is 9.14. The van der Waals surface area contributed by atoms with Gasteiger partial charge < -0.3 is 14.5 Å². The molecule has 0 aromatic carbocycles. The van der Waals surface area contributed by atoms with Crippen LogP contribution in [-0.2, 0) is 4.74 Å². The summed E-state index contributed by atoms with van der Waals surface area (Å²) in [6.07, 6.45) is 5.91. The number of ether oxygens (including phenoxy) is 1. The number of piperidine rings is 2. The summed E-state index contributed by atoms with van der Waals surface area (Å²) in [6.45, 7) is 16.2. The molecule has 2 aliphatic heterocycles. The van der Waals surface area contributed by atoms with Crippen LogP contribution in [0.25, 0.3) is 0 Å². The third-order valence-corrected chi connectivity index (χ3v) is 5.45. The van der Waals surface area contributed by atoms with Crippen molar-refractivity contribution in [3.8, 4) is 0 Å². The molecule has 0 amide bonds. The first kappa shape index (κ1) is 17.2. The fourth-order valence-electron chi connectivity index (χ4n) is 3.88. The Morgan fingerprint density at radius 1 is 0.905 bits per heavy atom. The molecule has 0 unspecified atom stereocenters. The van der Waals surface area contributed by atoms with Gasteiger partial charge in [0, 0.05) is 12.6 Å². The smallest absolute Gasteiger partial charge is 0.0596 e. The van der Waals surface area contributed by atoms with Gasteiger partial charge in [0.25, 0.3) is 0 Å². The highest BCUT2D eigenvalue weighted by atomic mass is 16.5. The van der Waals surface area contributed by atoms with E-state index >= 15 is 0 Å². The monoisotopic (exact) mass is 296 g/mol. The Balaban J connectivity index is 1.63. The number of hydrogen-bond acceptors (Lipinski definition) is 3. The first-order chi connectivity index (χ1) is 10.1. The molecule has 0 bridgehead atoms. The van der Waals surface area contributed by atoms with E-state index < -0.39 is 0 Å². The maximum absolute atomic E-state index is 5.67. The standard InChI is InChI=1S/C18H36N2O/c1-15(2)17-5-11-20(12-6-17)18-7-9-19(10-8-18)13-14-21-16(3)4/h15-18H,5-14H2,1-4H3. The molecule has 3 heteroatoms. The van der Waals surface area contributed by atoms with E-state index in [9.17, 15) is 0 Å². The van der Waals surface area contributed by atoms with Crippen LogP contribution in [-0.4, -0.2) is 61.3 Å². The molecule has 0 N–H and O–H groups in total. The number of hydrogen-bond donors (Lipinski definition) is 0. The van der Waals surface area contributed by atoms with Crippen molar-refractivity contribution in [3.63, 3.8) is 0 Å². The molecule has 0 aromatic rings. The third kappa shape index (κ3) is 5.54. The third-order valence-electron chi connectivity index (χ3n) is 5.45. The molecule has 2 fully saturated rings. The van der Waals surface area contributed by atoms with Crippen LogP contribution in [0.2, 0.25) is 0 Å². The molecule has 0 aromatic heterocycles. The van der Waals surface area contributed by atoms with Gasteiger partial charge in [0.05, 0.1) is 12.7 Å². The molecule has 3 nitrogen and oxygen atoms in total. The van der Waals surface area contributed by atoms with Crippen LogP contribution in [0.4, 0.5) is 0 Å². The maximum atomic E-state index is 5.67. The SMILES string of the molecule is CC(C)OCCN1CCC(N2CCC(C(C)C)CC2)CC1. The second-order valence-corrected chi connectivity index (χ2v) is 7.61. The molecular formula is C18H36N2O. The van der Waals surface area contributed by atoms with Gasteiger partial charge in [-0.1, -0.05) is 13.8 Å². The zero-order chi connectivity index (χ0) is 15.2. The summed E-state index contributed by atoms with van der Waals surface area (Å²) in [5, 5.41) is 0. The second-order valence-electron chi connectivity index (χ2n) is 7.61. The van der Waals surface area contributed by atoms with E-state index in [1.54, 1.807) is 0 Å². The van der Waals surface area contributed by atoms with E-state index in [0.29, 0.717) is 6.10 Å². The van der Waals surface area contributed by atoms with Gasteiger partial charge in [-0.25, -0.2) is 0 Å². The molecule has 2 aliphatic rings. The Labute approximate surface area is 132 Å². The molecule has 0 atom stereocenters. The van der Waals surface area contributed by atoms with E-state index in [4.69, 9.17) is 4.74 Å². The van der Waals surface area contributed by atoms with Crippen LogP contribution in [0.15, 0.2) is 0 Å². The Morgan fingerprint density at radius 3 is 2.05 bits per heavy atom. The zero-order valence-corrected chi connectivity index (χ0v) is 14.7. The van der Waals surface area contributed by atoms with Crippen molar-refractivity contribution in [2.45, 2.75) is 65.5 Å². The highest BCUT2D eigenvalue weighted by molar-refractivity contribution is 4.83. The molecule has 2 rings (SSSR count). The van der Waals surface area contributed by atoms with Gasteiger partial charge in [-0.3, -0.25) is 0 Å². The highest BCUT2D eigenvalue weighted by Crippen LogP contribution is 2.27. The highest BCUT2D eigenvalue weighted by Gasteiger charge is 2.28. The quantitative estimate of drug-likeness (QED) is 0.748. The van der Waals surface area contributed by atoms with Gasteiger partial charge in [0.1, 0.15) is 0 Å². The summed E-state index contributed by atoms with van der Waals surface area (Å²) in [5.41, 5.74) is 0. The van der Waals surface area contributed by atoms with Crippen LogP contribution in [0.5, 0.6) is 0 Å². The normalized spacial score (nSPS) is 24.3. The Bertz CT molecular complexity index is 277. The maximum Gasteiger partial charge on any atom is 0.0596 e. The van der Waals surface area contributed by atoms with Crippen molar-refractivity contribution in [2.24, 2.45) is 11.8 Å². The van der Waals surface area contributed by atoms with Gasteiger partial charge in [0.15, 0.2) is 0 Å². The summed E-state index contributed by atoms with van der Waals surface area (Å²) < 4.78 is 5.67. The van der Waals surface area contributed by atoms with Crippen molar-refractivity contribution >= 4 is 0 Å². The zero-order valence-electron chi connectivity index (χ0n) is 14.7. The number of likely N-dealkylation sites (tertiary alicyclic amines) is 2. The van der Waals surface area contributed by atoms with E-state index in [1.807, 2.05) is 0 Å². The summed E-state index contributed by atoms with van der Waals surface area (Å²) >= 11 is 0. The van der Waals surface area contributed by atoms with Crippen LogP contribution < -0.4 is 0 Å². The number of nitrogens with zero attached hydrogens (tertiary/aromatic N) is 2. The van der Waals surface area contributed by atoms with Gasteiger partial charge >= 0.3 is 0 Å². The van der Waals surface area contributed by atoms with Crippen molar-refractivity contribution in [1.29, 1.82) is 0 Å². The molecule has 0 saturated carbocycles. The summed E-state index contributed by atoms with van der Waals surface area (Å²) in [5.74, 6) is 1.84. The lowest BCUT2D eigenvalue weighted by Crippen LogP contribution is -2.48. The van der Waals surface area contributed by atoms with Crippen molar-refractivity contribution in [2.75, 3.05) is 39.3 Å². The molecule has 0 aliphatic carbocycles. The molecule has 0 spiro atoms. The lowest BCUT2D eigenvalue weighted by atomic mass is 9.85. The molecule has 124 valence electrons. The van der Waals surface area contributed by atoms with Crippen molar-refractivity contribution < 1.29 is 4.74 Å². The molecule has 0 radical (unpaired) electrons. The summed E-state index contributed by atoms with van der Waals surface area (Å²) in [4.78, 5) is 5.36. The average Bonchev–Trinajstić information content (AvgIpc) is 2.48. The molecular weight excluding hydrogens is 260 g/mol. The fourth-order valence-corrected chi connectivity index (χ4v) is 3.88. The van der Waals surface area contributed by atoms with E-state index in [2.05, 4.69) is 37.5 Å². The largest absolute Gasteiger partial charge is 0.377 e. The minimum absolute atomic E-state index is 0.366. The lowest BCUT2D eigenvalue weighted by Gasteiger charge is -2.42. The predicted molar refractivity (Wildman–Crippen MR) is 89.7 cm³/mol. The lowest BCUT2D eigenvalue weighted by molar-refractivity contribution is 0.0356. The van der Waals surface area contributed by atoms with E-state index in [-0.39, 0.29) is 0 Å². The first-order valence-electron chi connectivity index (χ1n) is 9.14. The second kappa shape index (κ2) is 8.50. The van der Waals surface area contributed by atoms with Crippen LogP contribution in [0.3, 0.4) is 0 Å². The van der Waals surface area contributed by atoms with Gasteiger partial charge in [-0.05, 0) is 77.5 Å². The van der Waals surface area contributed by atoms with Crippen LogP contribution in [0, 0.1) is 11.8 Å². The van der Waals surface area contributed by atoms with E-state index in [1.165, 1.54) is 51.9 Å². The molecule has 2 saturated heterocycles. The van der Waals surface area contributed by atoms with Crippen LogP contribution in [0.1, 0.15) is 53.4 Å². The Hall–Kier alpha value is -0.120. The summed E-state index contributed by atoms with van der Waals surface area (Å²) in [7, 11) is 0. The van der Waals surface area contributed by atoms with Gasteiger partial charge in [0.2, 0.25) is 0 Å². The fraction of sp³-hybridized carbons (Fsp3) is 1.00. The molecule has 2 heterocycles. The van der Waals surface area contributed by atoms with Gasteiger partial charge in [-0.2, -0.15) is 0 Å².